The zero-order chi connectivity index (χ0) is 14.9. The van der Waals surface area contributed by atoms with Gasteiger partial charge in [-0.1, -0.05) is 33.8 Å². The van der Waals surface area contributed by atoms with Gasteiger partial charge in [0.2, 0.25) is 0 Å². The first-order chi connectivity index (χ1) is 9.27. The molecule has 4 nitrogen and oxygen atoms in total. The number of carbonyl (C=O) groups excluding carboxylic acids is 1. The Morgan fingerprint density at radius 1 is 1.40 bits per heavy atom. The predicted molar refractivity (Wildman–Crippen MR) is 80.7 cm³/mol. The van der Waals surface area contributed by atoms with Crippen LogP contribution in [-0.4, -0.2) is 12.5 Å². The van der Waals surface area contributed by atoms with Gasteiger partial charge in [-0.25, -0.2) is 0 Å². The largest absolute Gasteiger partial charge is 0.482 e. The van der Waals surface area contributed by atoms with E-state index in [1.807, 2.05) is 18.2 Å². The summed E-state index contributed by atoms with van der Waals surface area (Å²) in [4.78, 5) is 11.3. The third-order valence-corrected chi connectivity index (χ3v) is 4.15. The average molecular weight is 276 g/mol. The monoisotopic (exact) mass is 276 g/mol. The normalized spacial score (nSPS) is 17.8. The summed E-state index contributed by atoms with van der Waals surface area (Å²) in [7, 11) is 0. The molecule has 0 saturated heterocycles. The van der Waals surface area contributed by atoms with Crippen molar-refractivity contribution < 1.29 is 9.53 Å². The van der Waals surface area contributed by atoms with Crippen LogP contribution in [0.15, 0.2) is 18.2 Å². The van der Waals surface area contributed by atoms with Gasteiger partial charge in [-0.2, -0.15) is 0 Å². The Kier molecular flexibility index (Phi) is 4.04. The van der Waals surface area contributed by atoms with E-state index in [-0.39, 0.29) is 24.0 Å². The van der Waals surface area contributed by atoms with Gasteiger partial charge in [0, 0.05) is 6.04 Å². The number of benzene rings is 1. The molecule has 20 heavy (non-hydrogen) atoms. The molecule has 0 saturated carbocycles. The maximum Gasteiger partial charge on any atom is 0.262 e. The summed E-state index contributed by atoms with van der Waals surface area (Å²) in [6, 6.07) is 5.75. The standard InChI is InChI=1S/C16H24N2O2/c1-10(16(2,3)4)7-12(17)11-5-6-14-13(8-11)18-15(19)9-20-14/h5-6,8,10,12H,7,9,17H2,1-4H3,(H,18,19). The van der Waals surface area contributed by atoms with Crippen LogP contribution >= 0.6 is 0 Å². The van der Waals surface area contributed by atoms with E-state index in [4.69, 9.17) is 10.5 Å². The molecule has 1 heterocycles. The third kappa shape index (κ3) is 3.31. The van der Waals surface area contributed by atoms with Crippen LogP contribution in [0.25, 0.3) is 0 Å². The van der Waals surface area contributed by atoms with Crippen LogP contribution < -0.4 is 15.8 Å². The molecule has 0 fully saturated rings. The van der Waals surface area contributed by atoms with Crippen molar-refractivity contribution in [2.24, 2.45) is 17.1 Å². The van der Waals surface area contributed by atoms with Gasteiger partial charge >= 0.3 is 0 Å². The second-order valence-corrected chi connectivity index (χ2v) is 6.70. The second kappa shape index (κ2) is 5.44. The molecule has 2 rings (SSSR count). The van der Waals surface area contributed by atoms with E-state index in [9.17, 15) is 4.79 Å². The first-order valence-electron chi connectivity index (χ1n) is 7.09. The number of carbonyl (C=O) groups is 1. The molecule has 0 bridgehead atoms. The maximum atomic E-state index is 11.3. The molecular formula is C16H24N2O2. The fourth-order valence-corrected chi connectivity index (χ4v) is 2.20. The number of nitrogens with one attached hydrogen (secondary N) is 1. The molecule has 0 aromatic heterocycles. The zero-order valence-electron chi connectivity index (χ0n) is 12.7. The Balaban J connectivity index is 2.13. The number of anilines is 1. The molecule has 3 N–H and O–H groups in total. The summed E-state index contributed by atoms with van der Waals surface area (Å²) in [5.74, 6) is 1.11. The SMILES string of the molecule is CC(CC(N)c1ccc2c(c1)NC(=O)CO2)C(C)(C)C. The average Bonchev–Trinajstić information content (AvgIpc) is 2.36. The molecule has 1 aliphatic rings. The molecule has 1 aromatic carbocycles. The molecule has 2 unspecified atom stereocenters. The van der Waals surface area contributed by atoms with Crippen molar-refractivity contribution in [3.8, 4) is 5.75 Å². The highest BCUT2D eigenvalue weighted by Crippen LogP contribution is 2.35. The minimum absolute atomic E-state index is 0.0339. The number of rotatable bonds is 3. The van der Waals surface area contributed by atoms with Crippen molar-refractivity contribution in [2.75, 3.05) is 11.9 Å². The van der Waals surface area contributed by atoms with Crippen molar-refractivity contribution in [2.45, 2.75) is 40.2 Å². The Labute approximate surface area is 120 Å². The second-order valence-electron chi connectivity index (χ2n) is 6.70. The number of amides is 1. The molecule has 0 radical (unpaired) electrons. The highest BCUT2D eigenvalue weighted by atomic mass is 16.5. The van der Waals surface area contributed by atoms with Gasteiger partial charge in [0.25, 0.3) is 5.91 Å². The van der Waals surface area contributed by atoms with E-state index in [0.29, 0.717) is 11.7 Å². The summed E-state index contributed by atoms with van der Waals surface area (Å²) < 4.78 is 5.35. The lowest BCUT2D eigenvalue weighted by Gasteiger charge is -2.30. The highest BCUT2D eigenvalue weighted by molar-refractivity contribution is 5.95. The summed E-state index contributed by atoms with van der Waals surface area (Å²) in [5, 5.41) is 2.82. The van der Waals surface area contributed by atoms with Crippen LogP contribution in [0.3, 0.4) is 0 Å². The van der Waals surface area contributed by atoms with Crippen molar-refractivity contribution in [1.82, 2.24) is 0 Å². The molecule has 110 valence electrons. The summed E-state index contributed by atoms with van der Waals surface area (Å²) >= 11 is 0. The number of hydrogen-bond donors (Lipinski definition) is 2. The van der Waals surface area contributed by atoms with Crippen LogP contribution in [0.4, 0.5) is 5.69 Å². The molecule has 1 amide bonds. The predicted octanol–water partition coefficient (Wildman–Crippen LogP) is 3.09. The van der Waals surface area contributed by atoms with E-state index in [1.165, 1.54) is 0 Å². The fourth-order valence-electron chi connectivity index (χ4n) is 2.20. The Morgan fingerprint density at radius 2 is 2.10 bits per heavy atom. The van der Waals surface area contributed by atoms with Crippen molar-refractivity contribution in [3.63, 3.8) is 0 Å². The van der Waals surface area contributed by atoms with Gasteiger partial charge in [-0.05, 0) is 35.4 Å². The summed E-state index contributed by atoms with van der Waals surface area (Å²) in [5.41, 5.74) is 8.30. The highest BCUT2D eigenvalue weighted by Gasteiger charge is 2.24. The van der Waals surface area contributed by atoms with E-state index in [2.05, 4.69) is 33.0 Å². The lowest BCUT2D eigenvalue weighted by atomic mass is 9.78. The van der Waals surface area contributed by atoms with Crippen LogP contribution in [0, 0.1) is 11.3 Å². The van der Waals surface area contributed by atoms with Gasteiger partial charge in [0.05, 0.1) is 5.69 Å². The van der Waals surface area contributed by atoms with Crippen molar-refractivity contribution >= 4 is 11.6 Å². The lowest BCUT2D eigenvalue weighted by molar-refractivity contribution is -0.118. The topological polar surface area (TPSA) is 64.3 Å². The molecule has 1 aromatic rings. The number of hydrogen-bond acceptors (Lipinski definition) is 3. The lowest BCUT2D eigenvalue weighted by Crippen LogP contribution is -2.26. The molecule has 0 aliphatic carbocycles. The van der Waals surface area contributed by atoms with E-state index in [1.54, 1.807) is 0 Å². The molecule has 2 atom stereocenters. The summed E-state index contributed by atoms with van der Waals surface area (Å²) in [6.45, 7) is 8.99. The van der Waals surface area contributed by atoms with Crippen molar-refractivity contribution in [3.05, 3.63) is 23.8 Å². The van der Waals surface area contributed by atoms with E-state index < -0.39 is 0 Å². The van der Waals surface area contributed by atoms with Crippen LogP contribution in [0.2, 0.25) is 0 Å². The number of ether oxygens (including phenoxy) is 1. The minimum Gasteiger partial charge on any atom is -0.482 e. The molecule has 1 aliphatic heterocycles. The van der Waals surface area contributed by atoms with Gasteiger partial charge in [-0.15, -0.1) is 0 Å². The fraction of sp³-hybridized carbons (Fsp3) is 0.562. The Morgan fingerprint density at radius 3 is 2.75 bits per heavy atom. The van der Waals surface area contributed by atoms with Gasteiger partial charge in [0.1, 0.15) is 5.75 Å². The Hall–Kier alpha value is -1.55. The van der Waals surface area contributed by atoms with Gasteiger partial charge in [0.15, 0.2) is 6.61 Å². The van der Waals surface area contributed by atoms with Gasteiger partial charge in [-0.3, -0.25) is 4.79 Å². The third-order valence-electron chi connectivity index (χ3n) is 4.15. The molecular weight excluding hydrogens is 252 g/mol. The number of fused-ring (bicyclic) bond motifs is 1. The van der Waals surface area contributed by atoms with E-state index >= 15 is 0 Å². The maximum absolute atomic E-state index is 11.3. The van der Waals surface area contributed by atoms with Crippen molar-refractivity contribution in [1.29, 1.82) is 0 Å². The quantitative estimate of drug-likeness (QED) is 0.891. The van der Waals surface area contributed by atoms with Gasteiger partial charge < -0.3 is 15.8 Å². The number of nitrogens with two attached hydrogens (primary N) is 1. The Bertz CT molecular complexity index is 506. The zero-order valence-corrected chi connectivity index (χ0v) is 12.7. The van der Waals surface area contributed by atoms with Crippen LogP contribution in [0.5, 0.6) is 5.75 Å². The van der Waals surface area contributed by atoms with Crippen LogP contribution in [-0.2, 0) is 4.79 Å². The smallest absolute Gasteiger partial charge is 0.262 e. The minimum atomic E-state index is -0.119. The summed E-state index contributed by atoms with van der Waals surface area (Å²) in [6.07, 6.45) is 0.914. The van der Waals surface area contributed by atoms with Crippen LogP contribution in [0.1, 0.15) is 45.7 Å². The first-order valence-corrected chi connectivity index (χ1v) is 7.09. The first kappa shape index (κ1) is 14.9. The molecule has 4 heteroatoms. The van der Waals surface area contributed by atoms with E-state index in [0.717, 1.165) is 17.7 Å². The molecule has 0 spiro atoms.